The highest BCUT2D eigenvalue weighted by molar-refractivity contribution is 5.89. The molecule has 1 aromatic rings. The fourth-order valence-corrected chi connectivity index (χ4v) is 2.35. The van der Waals surface area contributed by atoms with E-state index in [9.17, 15) is 4.79 Å². The number of benzene rings is 1. The van der Waals surface area contributed by atoms with E-state index in [1.54, 1.807) is 0 Å². The first-order valence-electron chi connectivity index (χ1n) is 6.55. The largest absolute Gasteiger partial charge is 0.325 e. The third-order valence-corrected chi connectivity index (χ3v) is 3.42. The van der Waals surface area contributed by atoms with E-state index in [4.69, 9.17) is 0 Å². The molecular weight excluding hydrogens is 226 g/mol. The van der Waals surface area contributed by atoms with Crippen molar-refractivity contribution in [2.24, 2.45) is 5.92 Å². The molecule has 0 saturated carbocycles. The number of para-hydroxylation sites is 1. The maximum Gasteiger partial charge on any atom is 0.321 e. The Morgan fingerprint density at radius 3 is 2.56 bits per heavy atom. The summed E-state index contributed by atoms with van der Waals surface area (Å²) in [6.07, 6.45) is 2.17. The maximum atomic E-state index is 12.0. The number of carbonyl (C=O) groups is 1. The minimum Gasteiger partial charge on any atom is -0.325 e. The Balaban J connectivity index is 1.81. The molecule has 1 aliphatic rings. The van der Waals surface area contributed by atoms with Crippen molar-refractivity contribution in [3.05, 3.63) is 30.3 Å². The van der Waals surface area contributed by atoms with Crippen molar-refractivity contribution in [2.75, 3.05) is 32.0 Å². The van der Waals surface area contributed by atoms with Crippen molar-refractivity contribution in [1.29, 1.82) is 0 Å². The lowest BCUT2D eigenvalue weighted by Gasteiger charge is -2.31. The lowest BCUT2D eigenvalue weighted by Crippen LogP contribution is -2.42. The predicted octanol–water partition coefficient (Wildman–Crippen LogP) is 2.15. The Kier molecular flexibility index (Phi) is 4.59. The molecule has 1 aliphatic heterocycles. The molecule has 0 aliphatic carbocycles. The summed E-state index contributed by atoms with van der Waals surface area (Å²) in [7, 11) is 1.98. The zero-order chi connectivity index (χ0) is 12.8. The van der Waals surface area contributed by atoms with Gasteiger partial charge in [0.1, 0.15) is 0 Å². The smallest absolute Gasteiger partial charge is 0.321 e. The van der Waals surface area contributed by atoms with Crippen LogP contribution in [-0.2, 0) is 0 Å². The second kappa shape index (κ2) is 6.40. The van der Waals surface area contributed by atoms with Gasteiger partial charge in [-0.25, -0.2) is 4.79 Å². The third-order valence-electron chi connectivity index (χ3n) is 3.42. The van der Waals surface area contributed by atoms with Crippen LogP contribution in [0.25, 0.3) is 0 Å². The molecule has 0 aromatic heterocycles. The van der Waals surface area contributed by atoms with Crippen LogP contribution in [0.4, 0.5) is 10.5 Å². The highest BCUT2D eigenvalue weighted by atomic mass is 16.2. The van der Waals surface area contributed by atoms with Gasteiger partial charge in [-0.2, -0.15) is 0 Å². The average Bonchev–Trinajstić information content (AvgIpc) is 2.41. The van der Waals surface area contributed by atoms with Crippen LogP contribution < -0.4 is 10.6 Å². The van der Waals surface area contributed by atoms with Gasteiger partial charge in [0.15, 0.2) is 0 Å². The SMILES string of the molecule is CNCC1CCN(C(=O)Nc2ccccc2)CC1. The number of carbonyl (C=O) groups excluding carboxylic acids is 1. The molecule has 1 heterocycles. The number of urea groups is 1. The Bertz CT molecular complexity index is 372. The molecule has 98 valence electrons. The summed E-state index contributed by atoms with van der Waals surface area (Å²) >= 11 is 0. The molecular formula is C14H21N3O. The van der Waals surface area contributed by atoms with Gasteiger partial charge in [-0.05, 0) is 44.5 Å². The van der Waals surface area contributed by atoms with E-state index in [0.29, 0.717) is 5.92 Å². The van der Waals surface area contributed by atoms with E-state index in [1.807, 2.05) is 42.3 Å². The number of hydrogen-bond acceptors (Lipinski definition) is 2. The molecule has 0 spiro atoms. The highest BCUT2D eigenvalue weighted by Gasteiger charge is 2.22. The third kappa shape index (κ3) is 3.47. The number of hydrogen-bond donors (Lipinski definition) is 2. The van der Waals surface area contributed by atoms with Crippen LogP contribution in [-0.4, -0.2) is 37.6 Å². The van der Waals surface area contributed by atoms with Gasteiger partial charge < -0.3 is 15.5 Å². The van der Waals surface area contributed by atoms with Gasteiger partial charge in [0.2, 0.25) is 0 Å². The van der Waals surface area contributed by atoms with Crippen LogP contribution in [0.15, 0.2) is 30.3 Å². The van der Waals surface area contributed by atoms with Gasteiger partial charge >= 0.3 is 6.03 Å². The van der Waals surface area contributed by atoms with Gasteiger partial charge in [0.05, 0.1) is 0 Å². The molecule has 2 N–H and O–H groups in total. The Morgan fingerprint density at radius 2 is 1.94 bits per heavy atom. The molecule has 0 atom stereocenters. The number of nitrogens with zero attached hydrogens (tertiary/aromatic N) is 1. The first-order valence-corrected chi connectivity index (χ1v) is 6.55. The molecule has 1 saturated heterocycles. The molecule has 0 unspecified atom stereocenters. The summed E-state index contributed by atoms with van der Waals surface area (Å²) in [5.41, 5.74) is 0.861. The monoisotopic (exact) mass is 247 g/mol. The lowest BCUT2D eigenvalue weighted by molar-refractivity contribution is 0.182. The number of nitrogens with one attached hydrogen (secondary N) is 2. The molecule has 18 heavy (non-hydrogen) atoms. The molecule has 0 radical (unpaired) electrons. The van der Waals surface area contributed by atoms with Crippen LogP contribution in [0.5, 0.6) is 0 Å². The van der Waals surface area contributed by atoms with Gasteiger partial charge in [0.25, 0.3) is 0 Å². The standard InChI is InChI=1S/C14H21N3O/c1-15-11-12-7-9-17(10-8-12)14(18)16-13-5-3-2-4-6-13/h2-6,12,15H,7-11H2,1H3,(H,16,18). The Hall–Kier alpha value is -1.55. The van der Waals surface area contributed by atoms with Gasteiger partial charge in [-0.3, -0.25) is 0 Å². The number of amides is 2. The summed E-state index contributed by atoms with van der Waals surface area (Å²) in [6, 6.07) is 9.63. The predicted molar refractivity (Wildman–Crippen MR) is 73.7 cm³/mol. The molecule has 2 amide bonds. The first kappa shape index (κ1) is 12.9. The van der Waals surface area contributed by atoms with Crippen molar-refractivity contribution >= 4 is 11.7 Å². The van der Waals surface area contributed by atoms with Crippen LogP contribution in [0.3, 0.4) is 0 Å². The van der Waals surface area contributed by atoms with Crippen molar-refractivity contribution < 1.29 is 4.79 Å². The molecule has 4 heteroatoms. The van der Waals surface area contributed by atoms with Gasteiger partial charge in [-0.15, -0.1) is 0 Å². The van der Waals surface area contributed by atoms with Crippen molar-refractivity contribution in [1.82, 2.24) is 10.2 Å². The molecule has 0 bridgehead atoms. The maximum absolute atomic E-state index is 12.0. The molecule has 4 nitrogen and oxygen atoms in total. The van der Waals surface area contributed by atoms with E-state index in [2.05, 4.69) is 10.6 Å². The first-order chi connectivity index (χ1) is 8.79. The zero-order valence-electron chi connectivity index (χ0n) is 10.9. The summed E-state index contributed by atoms with van der Waals surface area (Å²) in [5.74, 6) is 0.704. The quantitative estimate of drug-likeness (QED) is 0.859. The molecule has 1 fully saturated rings. The second-order valence-electron chi connectivity index (χ2n) is 4.78. The van der Waals surface area contributed by atoms with E-state index in [-0.39, 0.29) is 6.03 Å². The Labute approximate surface area is 108 Å². The van der Waals surface area contributed by atoms with E-state index < -0.39 is 0 Å². The van der Waals surface area contributed by atoms with Crippen molar-refractivity contribution in [3.8, 4) is 0 Å². The van der Waals surface area contributed by atoms with E-state index >= 15 is 0 Å². The number of piperidine rings is 1. The summed E-state index contributed by atoms with van der Waals surface area (Å²) in [4.78, 5) is 13.9. The minimum atomic E-state index is 0.0177. The molecule has 2 rings (SSSR count). The lowest BCUT2D eigenvalue weighted by atomic mass is 9.97. The summed E-state index contributed by atoms with van der Waals surface area (Å²) in [6.45, 7) is 2.75. The normalized spacial score (nSPS) is 16.6. The summed E-state index contributed by atoms with van der Waals surface area (Å²) in [5, 5.41) is 6.13. The Morgan fingerprint density at radius 1 is 1.28 bits per heavy atom. The highest BCUT2D eigenvalue weighted by Crippen LogP contribution is 2.17. The van der Waals surface area contributed by atoms with E-state index in [0.717, 1.165) is 38.2 Å². The number of anilines is 1. The van der Waals surface area contributed by atoms with Gasteiger partial charge in [-0.1, -0.05) is 18.2 Å². The van der Waals surface area contributed by atoms with Crippen LogP contribution in [0.1, 0.15) is 12.8 Å². The molecule has 1 aromatic carbocycles. The number of likely N-dealkylation sites (tertiary alicyclic amines) is 1. The van der Waals surface area contributed by atoms with Crippen molar-refractivity contribution in [3.63, 3.8) is 0 Å². The second-order valence-corrected chi connectivity index (χ2v) is 4.78. The average molecular weight is 247 g/mol. The topological polar surface area (TPSA) is 44.4 Å². The van der Waals surface area contributed by atoms with Crippen LogP contribution >= 0.6 is 0 Å². The van der Waals surface area contributed by atoms with E-state index in [1.165, 1.54) is 0 Å². The fourth-order valence-electron chi connectivity index (χ4n) is 2.35. The zero-order valence-corrected chi connectivity index (χ0v) is 10.9. The van der Waals surface area contributed by atoms with Crippen LogP contribution in [0, 0.1) is 5.92 Å². The summed E-state index contributed by atoms with van der Waals surface area (Å²) < 4.78 is 0. The minimum absolute atomic E-state index is 0.0177. The fraction of sp³-hybridized carbons (Fsp3) is 0.500. The van der Waals surface area contributed by atoms with Gasteiger partial charge in [0, 0.05) is 18.8 Å². The van der Waals surface area contributed by atoms with Crippen LogP contribution in [0.2, 0.25) is 0 Å². The number of rotatable bonds is 3. The van der Waals surface area contributed by atoms with Crippen molar-refractivity contribution in [2.45, 2.75) is 12.8 Å².